The van der Waals surface area contributed by atoms with Gasteiger partial charge in [0.15, 0.2) is 11.0 Å². The van der Waals surface area contributed by atoms with Crippen LogP contribution in [0.15, 0.2) is 58.4 Å². The van der Waals surface area contributed by atoms with Crippen LogP contribution in [-0.2, 0) is 31.0 Å². The van der Waals surface area contributed by atoms with Crippen molar-refractivity contribution in [2.75, 3.05) is 36.8 Å². The van der Waals surface area contributed by atoms with Gasteiger partial charge in [-0.2, -0.15) is 10.2 Å². The summed E-state index contributed by atoms with van der Waals surface area (Å²) in [5, 5.41) is 20.2. The highest BCUT2D eigenvalue weighted by Gasteiger charge is 2.26. The number of amides is 1. The molecular formula is C36H38Cl4N12O3. The third-order valence-corrected chi connectivity index (χ3v) is 11.1. The summed E-state index contributed by atoms with van der Waals surface area (Å²) >= 11 is 23.9. The monoisotopic (exact) mass is 826 g/mol. The Bertz CT molecular complexity index is 2460. The van der Waals surface area contributed by atoms with Crippen LogP contribution in [0.4, 0.5) is 11.9 Å². The number of H-pyrrole nitrogens is 2. The summed E-state index contributed by atoms with van der Waals surface area (Å²) in [7, 11) is 0. The van der Waals surface area contributed by atoms with E-state index in [1.165, 1.54) is 0 Å². The molecule has 6 heterocycles. The summed E-state index contributed by atoms with van der Waals surface area (Å²) in [4.78, 5) is 53.0. The largest absolute Gasteiger partial charge is 0.352 e. The second-order valence-corrected chi connectivity index (χ2v) is 15.3. The molecular weight excluding hydrogens is 790 g/mol. The molecule has 4 aromatic heterocycles. The van der Waals surface area contributed by atoms with Crippen LogP contribution in [0.2, 0.25) is 20.1 Å². The minimum Gasteiger partial charge on any atom is -0.352 e. The average molecular weight is 829 g/mol. The van der Waals surface area contributed by atoms with Crippen molar-refractivity contribution in [3.63, 3.8) is 0 Å². The van der Waals surface area contributed by atoms with Crippen molar-refractivity contribution in [3.8, 4) is 0 Å². The Morgan fingerprint density at radius 2 is 1.29 bits per heavy atom. The van der Waals surface area contributed by atoms with Crippen molar-refractivity contribution in [3.05, 3.63) is 101 Å². The van der Waals surface area contributed by atoms with Gasteiger partial charge in [0, 0.05) is 46.2 Å². The van der Waals surface area contributed by atoms with Crippen molar-refractivity contribution in [2.45, 2.75) is 45.9 Å². The van der Waals surface area contributed by atoms with Gasteiger partial charge in [-0.15, -0.1) is 0 Å². The fourth-order valence-corrected chi connectivity index (χ4v) is 7.40. The van der Waals surface area contributed by atoms with Gasteiger partial charge < -0.3 is 20.9 Å². The van der Waals surface area contributed by atoms with Crippen LogP contribution in [0.25, 0.3) is 22.1 Å². The normalized spacial score (nSPS) is 16.8. The molecule has 55 heavy (non-hydrogen) atoms. The molecule has 1 amide bonds. The van der Waals surface area contributed by atoms with Crippen LogP contribution in [0.3, 0.4) is 0 Å². The van der Waals surface area contributed by atoms with Gasteiger partial charge in [-0.3, -0.25) is 33.7 Å². The minimum absolute atomic E-state index is 0.0787. The van der Waals surface area contributed by atoms with Crippen LogP contribution in [0.5, 0.6) is 0 Å². The summed E-state index contributed by atoms with van der Waals surface area (Å²) in [5.41, 5.74) is 3.44. The molecule has 5 N–H and O–H groups in total. The number of likely N-dealkylation sites (tertiary alicyclic amines) is 1. The van der Waals surface area contributed by atoms with Gasteiger partial charge in [0.05, 0.1) is 32.5 Å². The van der Waals surface area contributed by atoms with E-state index >= 15 is 0 Å². The third-order valence-electron chi connectivity index (χ3n) is 9.64. The van der Waals surface area contributed by atoms with E-state index in [1.807, 2.05) is 17.0 Å². The predicted molar refractivity (Wildman–Crippen MR) is 215 cm³/mol. The first-order chi connectivity index (χ1) is 26.5. The van der Waals surface area contributed by atoms with E-state index in [0.29, 0.717) is 86.2 Å². The zero-order valence-corrected chi connectivity index (χ0v) is 32.7. The van der Waals surface area contributed by atoms with Gasteiger partial charge in [0.2, 0.25) is 17.8 Å². The Kier molecular flexibility index (Phi) is 11.9. The van der Waals surface area contributed by atoms with Crippen LogP contribution in [0, 0.1) is 11.8 Å². The second kappa shape index (κ2) is 17.0. The van der Waals surface area contributed by atoms with E-state index in [-0.39, 0.29) is 22.9 Å². The fraction of sp³-hybridized carbons (Fsp3) is 0.361. The Balaban J connectivity index is 0.000000170. The third kappa shape index (κ3) is 9.24. The molecule has 0 aliphatic carbocycles. The highest BCUT2D eigenvalue weighted by molar-refractivity contribution is 6.42. The predicted octanol–water partition coefficient (Wildman–Crippen LogP) is 5.55. The maximum Gasteiger partial charge on any atom is 0.278 e. The number of aromatic nitrogens is 8. The quantitative estimate of drug-likeness (QED) is 0.117. The molecule has 0 spiro atoms. The number of rotatable bonds is 10. The second-order valence-electron chi connectivity index (χ2n) is 13.6. The number of halogens is 4. The van der Waals surface area contributed by atoms with Gasteiger partial charge in [-0.25, -0.2) is 9.97 Å². The lowest BCUT2D eigenvalue weighted by molar-refractivity contribution is -0.127. The summed E-state index contributed by atoms with van der Waals surface area (Å²) in [6, 6.07) is 10.7. The molecule has 0 bridgehead atoms. The number of anilines is 2. The first kappa shape index (κ1) is 38.6. The Morgan fingerprint density at radius 1 is 0.764 bits per heavy atom. The molecule has 6 aromatic rings. The molecule has 8 rings (SSSR count). The molecule has 288 valence electrons. The maximum atomic E-state index is 12.6. The molecule has 2 atom stereocenters. The lowest BCUT2D eigenvalue weighted by Crippen LogP contribution is -2.27. The first-order valence-electron chi connectivity index (χ1n) is 17.7. The molecule has 0 saturated carbocycles. The summed E-state index contributed by atoms with van der Waals surface area (Å²) in [5.74, 6) is 1.60. The van der Waals surface area contributed by atoms with E-state index < -0.39 is 0 Å². The van der Waals surface area contributed by atoms with E-state index in [2.05, 4.69) is 46.1 Å². The number of nitrogens with zero attached hydrogens (tertiary/aromatic N) is 7. The van der Waals surface area contributed by atoms with Crippen LogP contribution in [-0.4, -0.2) is 76.5 Å². The number of aromatic amines is 2. The number of nitrogens with one attached hydrogen (secondary N) is 5. The highest BCUT2D eigenvalue weighted by atomic mass is 35.5. The zero-order valence-electron chi connectivity index (χ0n) is 29.7. The molecule has 2 aliphatic rings. The molecule has 2 fully saturated rings. The topological polar surface area (TPSA) is 184 Å². The van der Waals surface area contributed by atoms with E-state index in [9.17, 15) is 14.4 Å². The fourth-order valence-electron chi connectivity index (χ4n) is 6.75. The van der Waals surface area contributed by atoms with Gasteiger partial charge in [0.1, 0.15) is 11.0 Å². The van der Waals surface area contributed by atoms with Crippen molar-refractivity contribution in [1.29, 1.82) is 0 Å². The van der Waals surface area contributed by atoms with Gasteiger partial charge in [-0.05, 0) is 73.2 Å². The van der Waals surface area contributed by atoms with E-state index in [0.717, 1.165) is 50.1 Å². The number of hydrogen-bond acceptors (Lipinski definition) is 10. The molecule has 2 saturated heterocycles. The number of fused-ring (bicyclic) bond motifs is 2. The standard InChI is InChI=1S/C19H20Cl2N6O2.C17H18Cl2N6O/c1-11(28)26-5-4-13(9-26)10-27-17-16(8-23-27)24-19(25-18(17)29)22-7-12-2-3-14(20)15(21)6-12;18-12-2-1-10(5-13(12)19)7-21-17-23-14-8-22-25(15(14)16(26)24-17)9-11-3-4-20-6-11/h2-3,6,8,13H,4-5,7,9-10H2,1H3,(H2,22,24,25,29);1-2,5,8,11,20H,3-4,6-7,9H2,(H2,21,23,24,26). The summed E-state index contributed by atoms with van der Waals surface area (Å²) in [6.45, 7) is 7.17. The Hall–Kier alpha value is -4.67. The van der Waals surface area contributed by atoms with Crippen LogP contribution >= 0.6 is 46.4 Å². The van der Waals surface area contributed by atoms with Crippen molar-refractivity contribution < 1.29 is 4.79 Å². The molecule has 0 radical (unpaired) electrons. The lowest BCUT2D eigenvalue weighted by atomic mass is 10.1. The van der Waals surface area contributed by atoms with Crippen molar-refractivity contribution >= 4 is 86.3 Å². The van der Waals surface area contributed by atoms with Gasteiger partial charge >= 0.3 is 0 Å². The molecule has 2 aromatic carbocycles. The molecule has 19 heteroatoms. The first-order valence-corrected chi connectivity index (χ1v) is 19.3. The van der Waals surface area contributed by atoms with Crippen LogP contribution < -0.4 is 27.1 Å². The van der Waals surface area contributed by atoms with Crippen molar-refractivity contribution in [1.82, 2.24) is 49.7 Å². The van der Waals surface area contributed by atoms with Crippen LogP contribution in [0.1, 0.15) is 30.9 Å². The smallest absolute Gasteiger partial charge is 0.278 e. The SMILES string of the molecule is CC(=O)N1CCC(Cn2ncc3nc(NCc4ccc(Cl)c(Cl)c4)[nH]c(=O)c32)C1.O=c1[nH]c(NCc2ccc(Cl)c(Cl)c2)nc2cnn(CC3CCNC3)c12. The summed E-state index contributed by atoms with van der Waals surface area (Å²) < 4.78 is 3.43. The molecule has 2 aliphatic heterocycles. The number of benzene rings is 2. The Morgan fingerprint density at radius 3 is 1.75 bits per heavy atom. The highest BCUT2D eigenvalue weighted by Crippen LogP contribution is 2.25. The number of carbonyl (C=O) groups excluding carboxylic acids is 1. The van der Waals surface area contributed by atoms with E-state index in [1.54, 1.807) is 52.9 Å². The number of carbonyl (C=O) groups is 1. The minimum atomic E-state index is -0.259. The summed E-state index contributed by atoms with van der Waals surface area (Å²) in [6.07, 6.45) is 5.22. The van der Waals surface area contributed by atoms with E-state index in [4.69, 9.17) is 46.4 Å². The zero-order chi connectivity index (χ0) is 38.6. The molecule has 15 nitrogen and oxygen atoms in total. The lowest BCUT2D eigenvalue weighted by Gasteiger charge is -2.14. The molecule has 2 unspecified atom stereocenters. The van der Waals surface area contributed by atoms with Gasteiger partial charge in [0.25, 0.3) is 11.1 Å². The Labute approximate surface area is 334 Å². The number of hydrogen-bond donors (Lipinski definition) is 5. The average Bonchev–Trinajstić information content (AvgIpc) is 3.99. The van der Waals surface area contributed by atoms with Gasteiger partial charge in [-0.1, -0.05) is 58.5 Å². The van der Waals surface area contributed by atoms with Crippen molar-refractivity contribution in [2.24, 2.45) is 11.8 Å². The maximum absolute atomic E-state index is 12.6.